The van der Waals surface area contributed by atoms with Crippen molar-refractivity contribution in [1.82, 2.24) is 0 Å². The maximum absolute atomic E-state index is 11.4. The third-order valence-electron chi connectivity index (χ3n) is 3.55. The molecule has 0 heterocycles. The molecule has 2 aromatic carbocycles. The molecule has 0 saturated carbocycles. The van der Waals surface area contributed by atoms with Crippen molar-refractivity contribution < 1.29 is 9.53 Å². The number of benzene rings is 2. The fraction of sp³-hybridized carbons (Fsp3) is 0.190. The average molecular weight is 306 g/mol. The number of fused-ring (bicyclic) bond motifs is 1. The molecule has 23 heavy (non-hydrogen) atoms. The second-order valence-electron chi connectivity index (χ2n) is 5.38. The highest BCUT2D eigenvalue weighted by Crippen LogP contribution is 2.24. The molecular weight excluding hydrogens is 284 g/mol. The minimum absolute atomic E-state index is 0.301. The fourth-order valence-electron chi connectivity index (χ4n) is 2.42. The quantitative estimate of drug-likeness (QED) is 0.425. The summed E-state index contributed by atoms with van der Waals surface area (Å²) < 4.78 is 4.89. The minimum Gasteiger partial charge on any atom is -0.463 e. The van der Waals surface area contributed by atoms with Crippen LogP contribution in [0.15, 0.2) is 72.3 Å². The monoisotopic (exact) mass is 306 g/mol. The molecule has 0 spiro atoms. The van der Waals surface area contributed by atoms with Crippen LogP contribution in [0.3, 0.4) is 0 Å². The highest BCUT2D eigenvalue weighted by molar-refractivity contribution is 5.93. The molecule has 0 aliphatic carbocycles. The molecule has 0 N–H and O–H groups in total. The van der Waals surface area contributed by atoms with Gasteiger partial charge < -0.3 is 4.74 Å². The van der Waals surface area contributed by atoms with Crippen LogP contribution in [-0.2, 0) is 9.53 Å². The van der Waals surface area contributed by atoms with E-state index in [-0.39, 0.29) is 5.97 Å². The van der Waals surface area contributed by atoms with Crippen molar-refractivity contribution in [1.29, 1.82) is 0 Å². The van der Waals surface area contributed by atoms with Crippen LogP contribution in [0.1, 0.15) is 26.3 Å². The van der Waals surface area contributed by atoms with Gasteiger partial charge in [-0.25, -0.2) is 4.79 Å². The normalized spacial score (nSPS) is 12.8. The van der Waals surface area contributed by atoms with Gasteiger partial charge in [0.1, 0.15) is 0 Å². The predicted octanol–water partition coefficient (Wildman–Crippen LogP) is 5.31. The Bertz CT molecular complexity index is 774. The summed E-state index contributed by atoms with van der Waals surface area (Å²) in [5.74, 6) is -0.301. The van der Waals surface area contributed by atoms with Gasteiger partial charge in [-0.3, -0.25) is 0 Å². The van der Waals surface area contributed by atoms with E-state index in [0.29, 0.717) is 6.61 Å². The van der Waals surface area contributed by atoms with Crippen molar-refractivity contribution in [2.75, 3.05) is 6.61 Å². The Morgan fingerprint density at radius 3 is 2.61 bits per heavy atom. The zero-order chi connectivity index (χ0) is 16.7. The Kier molecular flexibility index (Phi) is 5.93. The third-order valence-corrected chi connectivity index (χ3v) is 3.55. The van der Waals surface area contributed by atoms with Gasteiger partial charge in [-0.2, -0.15) is 0 Å². The molecule has 0 radical (unpaired) electrons. The molecule has 0 aliphatic rings. The van der Waals surface area contributed by atoms with E-state index in [1.54, 1.807) is 6.92 Å². The molecule has 0 atom stereocenters. The van der Waals surface area contributed by atoms with Crippen molar-refractivity contribution in [3.8, 4) is 0 Å². The van der Waals surface area contributed by atoms with Crippen molar-refractivity contribution in [3.05, 3.63) is 77.9 Å². The molecule has 118 valence electrons. The zero-order valence-electron chi connectivity index (χ0n) is 13.9. The van der Waals surface area contributed by atoms with E-state index < -0.39 is 0 Å². The first-order valence-electron chi connectivity index (χ1n) is 7.80. The Hall–Kier alpha value is -2.61. The van der Waals surface area contributed by atoms with Crippen molar-refractivity contribution >= 4 is 22.3 Å². The van der Waals surface area contributed by atoms with Crippen LogP contribution in [0.5, 0.6) is 0 Å². The van der Waals surface area contributed by atoms with Gasteiger partial charge in [0, 0.05) is 6.08 Å². The topological polar surface area (TPSA) is 26.3 Å². The standard InChI is InChI=1S/C21H22O2/c1-4-23-21(22)15-16(2)9-7-10-17(3)19-14-8-12-18-11-5-6-13-20(18)19/h5-15H,4H2,1-3H3/b9-7+,16-15+,17-10+. The number of hydrogen-bond acceptors (Lipinski definition) is 2. The lowest BCUT2D eigenvalue weighted by atomic mass is 9.99. The van der Waals surface area contributed by atoms with Crippen LogP contribution in [0.2, 0.25) is 0 Å². The van der Waals surface area contributed by atoms with E-state index >= 15 is 0 Å². The molecule has 0 aliphatic heterocycles. The van der Waals surface area contributed by atoms with E-state index in [1.165, 1.54) is 28.0 Å². The Balaban J connectivity index is 2.19. The second kappa shape index (κ2) is 8.14. The van der Waals surface area contributed by atoms with Gasteiger partial charge in [-0.05, 0) is 48.3 Å². The zero-order valence-corrected chi connectivity index (χ0v) is 13.9. The van der Waals surface area contributed by atoms with Crippen LogP contribution in [0.4, 0.5) is 0 Å². The van der Waals surface area contributed by atoms with Crippen molar-refractivity contribution in [2.45, 2.75) is 20.8 Å². The van der Waals surface area contributed by atoms with Gasteiger partial charge in [0.15, 0.2) is 0 Å². The molecule has 0 fully saturated rings. The van der Waals surface area contributed by atoms with Crippen molar-refractivity contribution in [2.24, 2.45) is 0 Å². The van der Waals surface area contributed by atoms with Crippen LogP contribution in [0.25, 0.3) is 16.3 Å². The van der Waals surface area contributed by atoms with E-state index in [9.17, 15) is 4.79 Å². The summed E-state index contributed by atoms with van der Waals surface area (Å²) >= 11 is 0. The number of esters is 1. The van der Waals surface area contributed by atoms with Crippen molar-refractivity contribution in [3.63, 3.8) is 0 Å². The van der Waals surface area contributed by atoms with Gasteiger partial charge in [-0.15, -0.1) is 0 Å². The summed E-state index contributed by atoms with van der Waals surface area (Å²) in [7, 11) is 0. The molecule has 0 saturated heterocycles. The predicted molar refractivity (Wildman–Crippen MR) is 97.1 cm³/mol. The van der Waals surface area contributed by atoms with Gasteiger partial charge >= 0.3 is 5.97 Å². The number of hydrogen-bond donors (Lipinski definition) is 0. The first-order valence-corrected chi connectivity index (χ1v) is 7.80. The smallest absolute Gasteiger partial charge is 0.330 e. The first kappa shape index (κ1) is 16.8. The maximum Gasteiger partial charge on any atom is 0.330 e. The second-order valence-corrected chi connectivity index (χ2v) is 5.38. The molecule has 0 bridgehead atoms. The molecular formula is C21H22O2. The lowest BCUT2D eigenvalue weighted by Crippen LogP contribution is -1.99. The third kappa shape index (κ3) is 4.68. The van der Waals surface area contributed by atoms with Gasteiger partial charge in [0.05, 0.1) is 6.61 Å². The van der Waals surface area contributed by atoms with Crippen LogP contribution >= 0.6 is 0 Å². The van der Waals surface area contributed by atoms with E-state index in [2.05, 4.69) is 55.5 Å². The minimum atomic E-state index is -0.301. The summed E-state index contributed by atoms with van der Waals surface area (Å²) in [5, 5.41) is 2.48. The molecule has 2 nitrogen and oxygen atoms in total. The molecule has 2 rings (SSSR count). The number of allylic oxidation sites excluding steroid dienone is 5. The summed E-state index contributed by atoms with van der Waals surface area (Å²) in [4.78, 5) is 11.4. The van der Waals surface area contributed by atoms with E-state index in [1.807, 2.05) is 19.1 Å². The van der Waals surface area contributed by atoms with Gasteiger partial charge in [0.2, 0.25) is 0 Å². The molecule has 2 aromatic rings. The number of rotatable bonds is 5. The summed E-state index contributed by atoms with van der Waals surface area (Å²) in [6, 6.07) is 14.7. The van der Waals surface area contributed by atoms with E-state index in [0.717, 1.165) is 5.57 Å². The first-order chi connectivity index (χ1) is 11.1. The maximum atomic E-state index is 11.4. The van der Waals surface area contributed by atoms with Crippen LogP contribution in [-0.4, -0.2) is 12.6 Å². The van der Waals surface area contributed by atoms with Crippen LogP contribution < -0.4 is 0 Å². The SMILES string of the molecule is CCOC(=O)/C=C(C)/C=C/C=C(\C)c1cccc2ccccc12. The molecule has 0 unspecified atom stereocenters. The van der Waals surface area contributed by atoms with Crippen LogP contribution in [0, 0.1) is 0 Å². The highest BCUT2D eigenvalue weighted by Gasteiger charge is 2.01. The number of carbonyl (C=O) groups excluding carboxylic acids is 1. The molecule has 0 aromatic heterocycles. The highest BCUT2D eigenvalue weighted by atomic mass is 16.5. The summed E-state index contributed by atoms with van der Waals surface area (Å²) in [6.45, 7) is 6.17. The Labute approximate surface area is 137 Å². The summed E-state index contributed by atoms with van der Waals surface area (Å²) in [6.07, 6.45) is 7.43. The summed E-state index contributed by atoms with van der Waals surface area (Å²) in [5.41, 5.74) is 3.27. The van der Waals surface area contributed by atoms with Gasteiger partial charge in [-0.1, -0.05) is 60.7 Å². The molecule has 2 heteroatoms. The average Bonchev–Trinajstić information content (AvgIpc) is 2.54. The number of ether oxygens (including phenoxy) is 1. The number of carbonyl (C=O) groups is 1. The lowest BCUT2D eigenvalue weighted by Gasteiger charge is -2.06. The van der Waals surface area contributed by atoms with Gasteiger partial charge in [0.25, 0.3) is 0 Å². The Morgan fingerprint density at radius 2 is 1.83 bits per heavy atom. The molecule has 0 amide bonds. The largest absolute Gasteiger partial charge is 0.463 e. The fourth-order valence-corrected chi connectivity index (χ4v) is 2.42. The Morgan fingerprint density at radius 1 is 1.09 bits per heavy atom. The lowest BCUT2D eigenvalue weighted by molar-refractivity contribution is -0.137. The van der Waals surface area contributed by atoms with E-state index in [4.69, 9.17) is 4.74 Å².